The van der Waals surface area contributed by atoms with Crippen LogP contribution in [0.5, 0.6) is 0 Å². The Kier molecular flexibility index (Phi) is 5.50. The summed E-state index contributed by atoms with van der Waals surface area (Å²) < 4.78 is 1.06. The summed E-state index contributed by atoms with van der Waals surface area (Å²) in [6, 6.07) is 12.9. The van der Waals surface area contributed by atoms with Gasteiger partial charge in [-0.3, -0.25) is 9.59 Å². The molecule has 2 fully saturated rings. The summed E-state index contributed by atoms with van der Waals surface area (Å²) in [5, 5.41) is 2.28. The van der Waals surface area contributed by atoms with E-state index in [1.807, 2.05) is 35.2 Å². The molecule has 1 unspecified atom stereocenters. The number of thiazole rings is 1. The van der Waals surface area contributed by atoms with Crippen LogP contribution in [0.4, 0.5) is 10.8 Å². The minimum Gasteiger partial charge on any atom is -0.345 e. The predicted octanol–water partition coefficient (Wildman–Crippen LogP) is 4.30. The zero-order valence-electron chi connectivity index (χ0n) is 16.6. The summed E-state index contributed by atoms with van der Waals surface area (Å²) in [5.74, 6) is -0.271. The van der Waals surface area contributed by atoms with Crippen LogP contribution in [0.1, 0.15) is 6.42 Å². The fraction of sp³-hybridized carbons (Fsp3) is 0.318. The van der Waals surface area contributed by atoms with E-state index in [0.717, 1.165) is 34.1 Å². The van der Waals surface area contributed by atoms with Gasteiger partial charge in [0.2, 0.25) is 11.8 Å². The number of fused-ring (bicyclic) bond motifs is 1. The lowest BCUT2D eigenvalue weighted by molar-refractivity contribution is -0.136. The van der Waals surface area contributed by atoms with E-state index in [9.17, 15) is 9.59 Å². The lowest BCUT2D eigenvalue weighted by atomic mass is 10.1. The van der Waals surface area contributed by atoms with Crippen molar-refractivity contribution in [1.29, 1.82) is 0 Å². The minimum absolute atomic E-state index is 0.0209. The molecule has 6 nitrogen and oxygen atoms in total. The summed E-state index contributed by atoms with van der Waals surface area (Å²) >= 11 is 13.6. The lowest BCUT2D eigenvalue weighted by Gasteiger charge is -2.35. The summed E-state index contributed by atoms with van der Waals surface area (Å²) in [4.78, 5) is 36.1. The number of anilines is 2. The fourth-order valence-corrected chi connectivity index (χ4v) is 5.56. The van der Waals surface area contributed by atoms with Crippen molar-refractivity contribution in [1.82, 2.24) is 9.88 Å². The molecule has 1 aromatic heterocycles. The number of aromatic nitrogens is 1. The van der Waals surface area contributed by atoms with E-state index in [2.05, 4.69) is 4.90 Å². The van der Waals surface area contributed by atoms with E-state index in [-0.39, 0.29) is 24.2 Å². The number of halogens is 2. The van der Waals surface area contributed by atoms with Crippen LogP contribution in [0.25, 0.3) is 10.2 Å². The molecule has 9 heteroatoms. The average Bonchev–Trinajstić information content (AvgIpc) is 3.37. The third kappa shape index (κ3) is 4.10. The molecule has 0 aliphatic carbocycles. The number of nitrogens with zero attached hydrogens (tertiary/aromatic N) is 4. The second-order valence-corrected chi connectivity index (χ2v) is 9.68. The van der Waals surface area contributed by atoms with Crippen molar-refractivity contribution in [3.05, 3.63) is 52.5 Å². The monoisotopic (exact) mass is 474 g/mol. The van der Waals surface area contributed by atoms with E-state index >= 15 is 0 Å². The van der Waals surface area contributed by atoms with Gasteiger partial charge in [-0.1, -0.05) is 34.5 Å². The number of amides is 2. The molecule has 2 aliphatic heterocycles. The Balaban J connectivity index is 1.21. The molecule has 0 N–H and O–H groups in total. The Morgan fingerprint density at radius 3 is 2.45 bits per heavy atom. The first kappa shape index (κ1) is 20.5. The van der Waals surface area contributed by atoms with Crippen LogP contribution in [0, 0.1) is 5.92 Å². The van der Waals surface area contributed by atoms with Crippen molar-refractivity contribution >= 4 is 67.4 Å². The second kappa shape index (κ2) is 8.30. The van der Waals surface area contributed by atoms with Crippen molar-refractivity contribution in [2.24, 2.45) is 5.92 Å². The molecule has 2 aliphatic rings. The van der Waals surface area contributed by atoms with E-state index in [1.165, 1.54) is 0 Å². The second-order valence-electron chi connectivity index (χ2n) is 7.80. The summed E-state index contributed by atoms with van der Waals surface area (Å²) in [7, 11) is 0. The highest BCUT2D eigenvalue weighted by Crippen LogP contribution is 2.32. The largest absolute Gasteiger partial charge is 0.345 e. The van der Waals surface area contributed by atoms with Crippen LogP contribution >= 0.6 is 34.5 Å². The molecule has 5 rings (SSSR count). The number of carbonyl (C=O) groups excluding carboxylic acids is 2. The third-order valence-corrected chi connectivity index (χ3v) is 7.38. The first-order chi connectivity index (χ1) is 15.0. The molecule has 0 bridgehead atoms. The average molecular weight is 475 g/mol. The van der Waals surface area contributed by atoms with Crippen molar-refractivity contribution < 1.29 is 9.59 Å². The summed E-state index contributed by atoms with van der Waals surface area (Å²) in [5.41, 5.74) is 1.72. The van der Waals surface area contributed by atoms with Crippen molar-refractivity contribution in [2.45, 2.75) is 6.42 Å². The van der Waals surface area contributed by atoms with Crippen molar-refractivity contribution in [3.63, 3.8) is 0 Å². The smallest absolute Gasteiger partial charge is 0.228 e. The lowest BCUT2D eigenvalue weighted by Crippen LogP contribution is -2.50. The molecule has 2 amide bonds. The normalized spacial score (nSPS) is 19.5. The third-order valence-electron chi connectivity index (χ3n) is 5.81. The fourth-order valence-electron chi connectivity index (χ4n) is 4.14. The number of hydrogen-bond acceptors (Lipinski definition) is 5. The summed E-state index contributed by atoms with van der Waals surface area (Å²) in [6.07, 6.45) is 0.250. The molecule has 3 heterocycles. The van der Waals surface area contributed by atoms with E-state index in [1.54, 1.807) is 28.4 Å². The van der Waals surface area contributed by atoms with Crippen molar-refractivity contribution in [2.75, 3.05) is 42.5 Å². The van der Waals surface area contributed by atoms with Crippen LogP contribution < -0.4 is 9.80 Å². The highest BCUT2D eigenvalue weighted by molar-refractivity contribution is 7.22. The van der Waals surface area contributed by atoms with Gasteiger partial charge < -0.3 is 14.7 Å². The highest BCUT2D eigenvalue weighted by Gasteiger charge is 2.38. The number of piperazine rings is 1. The molecule has 2 aromatic carbocycles. The molecule has 2 saturated heterocycles. The SMILES string of the molecule is O=C(C1CC(=O)N(c2ccc(Cl)cc2)C1)N1CCN(c2nc3ccc(Cl)cc3s2)CC1. The van der Waals surface area contributed by atoms with Gasteiger partial charge in [0.1, 0.15) is 0 Å². The molecular weight excluding hydrogens is 455 g/mol. The van der Waals surface area contributed by atoms with E-state index in [4.69, 9.17) is 28.2 Å². The predicted molar refractivity (Wildman–Crippen MR) is 125 cm³/mol. The maximum Gasteiger partial charge on any atom is 0.228 e. The van der Waals surface area contributed by atoms with Crippen LogP contribution in [0.15, 0.2) is 42.5 Å². The Hall–Kier alpha value is -2.35. The Morgan fingerprint density at radius 1 is 1.00 bits per heavy atom. The topological polar surface area (TPSA) is 56.8 Å². The van der Waals surface area contributed by atoms with Gasteiger partial charge in [0.05, 0.1) is 16.1 Å². The van der Waals surface area contributed by atoms with Gasteiger partial charge in [-0.2, -0.15) is 0 Å². The molecule has 160 valence electrons. The van der Waals surface area contributed by atoms with Gasteiger partial charge in [-0.05, 0) is 42.5 Å². The van der Waals surface area contributed by atoms with E-state index < -0.39 is 0 Å². The van der Waals surface area contributed by atoms with Gasteiger partial charge >= 0.3 is 0 Å². The minimum atomic E-state index is -0.306. The van der Waals surface area contributed by atoms with Gasteiger partial charge in [-0.15, -0.1) is 0 Å². The maximum absolute atomic E-state index is 13.1. The number of hydrogen-bond donors (Lipinski definition) is 0. The zero-order valence-corrected chi connectivity index (χ0v) is 19.0. The van der Waals surface area contributed by atoms with Crippen LogP contribution in [-0.4, -0.2) is 54.4 Å². The number of benzene rings is 2. The van der Waals surface area contributed by atoms with Gasteiger partial charge in [0.25, 0.3) is 0 Å². The van der Waals surface area contributed by atoms with Crippen LogP contribution in [0.2, 0.25) is 10.0 Å². The standard InChI is InChI=1S/C22H20Cl2N4O2S/c23-15-1-4-17(5-2-15)28-13-14(11-20(28)29)21(30)26-7-9-27(10-8-26)22-25-18-6-3-16(24)12-19(18)31-22/h1-6,12,14H,7-11,13H2. The quantitative estimate of drug-likeness (QED) is 0.567. The molecule has 0 spiro atoms. The highest BCUT2D eigenvalue weighted by atomic mass is 35.5. The molecular formula is C22H20Cl2N4O2S. The first-order valence-corrected chi connectivity index (χ1v) is 11.7. The van der Waals surface area contributed by atoms with Crippen LogP contribution in [0.3, 0.4) is 0 Å². The Bertz CT molecular complexity index is 1140. The van der Waals surface area contributed by atoms with Gasteiger partial charge in [0, 0.05) is 54.9 Å². The van der Waals surface area contributed by atoms with Crippen LogP contribution in [-0.2, 0) is 9.59 Å². The first-order valence-electron chi connectivity index (χ1n) is 10.1. The van der Waals surface area contributed by atoms with Crippen molar-refractivity contribution in [3.8, 4) is 0 Å². The zero-order chi connectivity index (χ0) is 21.5. The van der Waals surface area contributed by atoms with Gasteiger partial charge in [0.15, 0.2) is 5.13 Å². The van der Waals surface area contributed by atoms with E-state index in [0.29, 0.717) is 29.7 Å². The Morgan fingerprint density at radius 2 is 1.71 bits per heavy atom. The molecule has 3 aromatic rings. The summed E-state index contributed by atoms with van der Waals surface area (Å²) in [6.45, 7) is 3.11. The molecule has 0 radical (unpaired) electrons. The molecule has 0 saturated carbocycles. The number of carbonyl (C=O) groups is 2. The van der Waals surface area contributed by atoms with Gasteiger partial charge in [-0.25, -0.2) is 4.98 Å². The maximum atomic E-state index is 13.1. The molecule has 31 heavy (non-hydrogen) atoms. The Labute approximate surface area is 194 Å². The number of rotatable bonds is 3. The molecule has 1 atom stereocenters.